The molecule has 0 atom stereocenters. The molecule has 262 valence electrons. The Morgan fingerprint density at radius 2 is 0.768 bits per heavy atom. The Labute approximate surface area is 327 Å². The predicted molar refractivity (Wildman–Crippen MR) is 236 cm³/mol. The van der Waals surface area contributed by atoms with E-state index in [4.69, 9.17) is 0 Å². The van der Waals surface area contributed by atoms with Gasteiger partial charge in [0.05, 0.1) is 11.0 Å². The second-order valence-electron chi connectivity index (χ2n) is 14.9. The van der Waals surface area contributed by atoms with E-state index in [0.29, 0.717) is 0 Å². The second kappa shape index (κ2) is 13.3. The second-order valence-corrected chi connectivity index (χ2v) is 14.9. The van der Waals surface area contributed by atoms with Gasteiger partial charge in [-0.15, -0.1) is 0 Å². The van der Waals surface area contributed by atoms with Crippen molar-refractivity contribution in [3.05, 3.63) is 223 Å². The van der Waals surface area contributed by atoms with Gasteiger partial charge in [-0.2, -0.15) is 0 Å². The third-order valence-corrected chi connectivity index (χ3v) is 11.6. The van der Waals surface area contributed by atoms with Crippen molar-refractivity contribution in [3.8, 4) is 72.4 Å². The minimum absolute atomic E-state index is 1.01. The summed E-state index contributed by atoms with van der Waals surface area (Å²) in [7, 11) is 0. The van der Waals surface area contributed by atoms with E-state index in [2.05, 4.69) is 217 Å². The van der Waals surface area contributed by atoms with E-state index in [-0.39, 0.29) is 0 Å². The molecule has 56 heavy (non-hydrogen) atoms. The first-order valence-electron chi connectivity index (χ1n) is 19.5. The molecule has 1 aliphatic carbocycles. The average Bonchev–Trinajstić information content (AvgIpc) is 3.82. The zero-order valence-corrected chi connectivity index (χ0v) is 30.9. The van der Waals surface area contributed by atoms with Gasteiger partial charge >= 0.3 is 0 Å². The number of benzene rings is 9. The summed E-state index contributed by atoms with van der Waals surface area (Å²) in [4.78, 5) is 0. The summed E-state index contributed by atoms with van der Waals surface area (Å²) in [5.41, 5.74) is 21.2. The van der Waals surface area contributed by atoms with Gasteiger partial charge < -0.3 is 4.57 Å². The number of hydrogen-bond acceptors (Lipinski definition) is 0. The lowest BCUT2D eigenvalue weighted by Gasteiger charge is -2.14. The highest BCUT2D eigenvalue weighted by Gasteiger charge is 2.19. The normalized spacial score (nSPS) is 11.9. The van der Waals surface area contributed by atoms with Crippen molar-refractivity contribution in [2.45, 2.75) is 6.42 Å². The van der Waals surface area contributed by atoms with E-state index in [1.54, 1.807) is 0 Å². The lowest BCUT2D eigenvalue weighted by Crippen LogP contribution is -1.94. The van der Waals surface area contributed by atoms with E-state index < -0.39 is 0 Å². The molecular weight excluding hydrogens is 675 g/mol. The molecule has 0 aliphatic heterocycles. The Hall–Kier alpha value is -7.22. The van der Waals surface area contributed by atoms with E-state index in [1.807, 2.05) is 0 Å². The molecule has 0 fully saturated rings. The van der Waals surface area contributed by atoms with Crippen molar-refractivity contribution in [1.29, 1.82) is 0 Å². The summed E-state index contributed by atoms with van der Waals surface area (Å²) in [6.45, 7) is 0. The highest BCUT2D eigenvalue weighted by molar-refractivity contribution is 6.10. The van der Waals surface area contributed by atoms with E-state index in [9.17, 15) is 0 Å². The number of rotatable bonds is 6. The number of hydrogen-bond donors (Lipinski definition) is 0. The Balaban J connectivity index is 1.02. The van der Waals surface area contributed by atoms with Crippen LogP contribution in [0.25, 0.3) is 94.3 Å². The summed E-state index contributed by atoms with van der Waals surface area (Å²) in [5.74, 6) is 0. The number of fused-ring (bicyclic) bond motifs is 6. The van der Waals surface area contributed by atoms with Gasteiger partial charge in [0.15, 0.2) is 0 Å². The van der Waals surface area contributed by atoms with Gasteiger partial charge in [-0.3, -0.25) is 0 Å². The molecule has 1 heteroatoms. The molecule has 0 N–H and O–H groups in total. The molecule has 10 aromatic rings. The zero-order valence-electron chi connectivity index (χ0n) is 30.9. The molecule has 11 rings (SSSR count). The molecule has 0 spiro atoms. The highest BCUT2D eigenvalue weighted by atomic mass is 15.0. The van der Waals surface area contributed by atoms with Crippen molar-refractivity contribution in [1.82, 2.24) is 4.57 Å². The number of aromatic nitrogens is 1. The van der Waals surface area contributed by atoms with Crippen molar-refractivity contribution in [3.63, 3.8) is 0 Å². The van der Waals surface area contributed by atoms with E-state index in [0.717, 1.165) is 12.1 Å². The van der Waals surface area contributed by atoms with Crippen LogP contribution in [0.1, 0.15) is 11.1 Å². The fourth-order valence-corrected chi connectivity index (χ4v) is 8.80. The molecule has 9 aromatic carbocycles. The van der Waals surface area contributed by atoms with Crippen LogP contribution in [0.4, 0.5) is 0 Å². The zero-order chi connectivity index (χ0) is 37.0. The molecule has 0 saturated heterocycles. The number of nitrogens with zero attached hydrogens (tertiary/aromatic N) is 1. The first kappa shape index (κ1) is 32.2. The van der Waals surface area contributed by atoms with Crippen LogP contribution in [0.3, 0.4) is 0 Å². The molecule has 1 heterocycles. The van der Waals surface area contributed by atoms with Gasteiger partial charge in [0.1, 0.15) is 0 Å². The van der Waals surface area contributed by atoms with Crippen LogP contribution in [0.5, 0.6) is 0 Å². The molecule has 0 radical (unpaired) electrons. The minimum atomic E-state index is 1.01. The van der Waals surface area contributed by atoms with Crippen molar-refractivity contribution < 1.29 is 0 Å². The Kier molecular flexibility index (Phi) is 7.64. The first-order chi connectivity index (χ1) is 27.7. The third-order valence-electron chi connectivity index (χ3n) is 11.6. The molecular formula is C55H37N. The number of para-hydroxylation sites is 1. The van der Waals surface area contributed by atoms with E-state index >= 15 is 0 Å². The summed E-state index contributed by atoms with van der Waals surface area (Å²) in [6.07, 6.45) is 1.01. The third kappa shape index (κ3) is 5.56. The van der Waals surface area contributed by atoms with Crippen LogP contribution >= 0.6 is 0 Å². The summed E-state index contributed by atoms with van der Waals surface area (Å²) in [6, 6.07) is 78.0. The Morgan fingerprint density at radius 1 is 0.268 bits per heavy atom. The van der Waals surface area contributed by atoms with Gasteiger partial charge in [-0.05, 0) is 139 Å². The van der Waals surface area contributed by atoms with Gasteiger partial charge in [-0.1, -0.05) is 158 Å². The highest BCUT2D eigenvalue weighted by Crippen LogP contribution is 2.41. The average molecular weight is 712 g/mol. The van der Waals surface area contributed by atoms with Crippen molar-refractivity contribution in [2.75, 3.05) is 0 Å². The molecule has 1 nitrogen and oxygen atoms in total. The van der Waals surface area contributed by atoms with Crippen LogP contribution in [-0.2, 0) is 6.42 Å². The maximum absolute atomic E-state index is 2.43. The standard InChI is InChI=1S/C55H37N/c1-3-12-37(13-4-1)39-22-24-40(25-23-39)47-31-46(38-14-5-2-6-15-38)32-48(33-47)41-17-11-18-49(34-41)56-54-21-10-9-20-51(54)53-36-43(28-29-55(53)56)42-26-27-45-30-44-16-7-8-19-50(44)52(45)35-42/h1-29,31-36H,30H2. The topological polar surface area (TPSA) is 4.93 Å². The minimum Gasteiger partial charge on any atom is -0.309 e. The Morgan fingerprint density at radius 3 is 1.54 bits per heavy atom. The molecule has 1 aliphatic rings. The van der Waals surface area contributed by atoms with Gasteiger partial charge in [0, 0.05) is 16.5 Å². The van der Waals surface area contributed by atoms with Gasteiger partial charge in [0.25, 0.3) is 0 Å². The fraction of sp³-hybridized carbons (Fsp3) is 0.0182. The molecule has 0 bridgehead atoms. The quantitative estimate of drug-likeness (QED) is 0.162. The van der Waals surface area contributed by atoms with Crippen LogP contribution in [0.15, 0.2) is 212 Å². The van der Waals surface area contributed by atoms with Crippen LogP contribution < -0.4 is 0 Å². The summed E-state index contributed by atoms with van der Waals surface area (Å²) >= 11 is 0. The molecule has 0 saturated carbocycles. The molecule has 1 aromatic heterocycles. The predicted octanol–water partition coefficient (Wildman–Crippen LogP) is 14.7. The van der Waals surface area contributed by atoms with Crippen molar-refractivity contribution >= 4 is 21.8 Å². The monoisotopic (exact) mass is 711 g/mol. The summed E-state index contributed by atoms with van der Waals surface area (Å²) < 4.78 is 2.43. The van der Waals surface area contributed by atoms with E-state index in [1.165, 1.54) is 99.7 Å². The molecule has 0 amide bonds. The van der Waals surface area contributed by atoms with Crippen LogP contribution in [-0.4, -0.2) is 4.57 Å². The maximum Gasteiger partial charge on any atom is 0.0541 e. The molecule has 0 unspecified atom stereocenters. The van der Waals surface area contributed by atoms with Crippen LogP contribution in [0.2, 0.25) is 0 Å². The summed E-state index contributed by atoms with van der Waals surface area (Å²) in [5, 5.41) is 2.52. The lowest BCUT2D eigenvalue weighted by molar-refractivity contribution is 1.18. The Bertz CT molecular complexity index is 3080. The smallest absolute Gasteiger partial charge is 0.0541 e. The lowest BCUT2D eigenvalue weighted by atomic mass is 9.92. The van der Waals surface area contributed by atoms with Crippen LogP contribution in [0, 0.1) is 0 Å². The fourth-order valence-electron chi connectivity index (χ4n) is 8.80. The largest absolute Gasteiger partial charge is 0.309 e. The first-order valence-corrected chi connectivity index (χ1v) is 19.5. The van der Waals surface area contributed by atoms with Gasteiger partial charge in [0.2, 0.25) is 0 Å². The SMILES string of the molecule is c1ccc(-c2ccc(-c3cc(-c4ccccc4)cc(-c4cccc(-n5c6ccccc6c6cc(-c7ccc8c(c7)-c7ccccc7C8)ccc65)c4)c3)cc2)cc1. The maximum atomic E-state index is 2.43. The van der Waals surface area contributed by atoms with Gasteiger partial charge in [-0.25, -0.2) is 0 Å². The van der Waals surface area contributed by atoms with Crippen molar-refractivity contribution in [2.24, 2.45) is 0 Å².